The van der Waals surface area contributed by atoms with Crippen molar-refractivity contribution in [3.8, 4) is 0 Å². The van der Waals surface area contributed by atoms with Crippen LogP contribution >= 0.6 is 27.5 Å². The van der Waals surface area contributed by atoms with Crippen LogP contribution in [-0.2, 0) is 21.0 Å². The Morgan fingerprint density at radius 2 is 2.14 bits per heavy atom. The van der Waals surface area contributed by atoms with Crippen molar-refractivity contribution >= 4 is 49.4 Å². The molecule has 186 valence electrons. The topological polar surface area (TPSA) is 149 Å². The second-order valence-electron chi connectivity index (χ2n) is 8.35. The van der Waals surface area contributed by atoms with Gasteiger partial charge in [0, 0.05) is 47.1 Å². The minimum absolute atomic E-state index is 0.217. The molecule has 0 radical (unpaired) electrons. The Balaban J connectivity index is 1.44. The maximum atomic E-state index is 13.2. The minimum atomic E-state index is -4.09. The summed E-state index contributed by atoms with van der Waals surface area (Å²) in [5.41, 5.74) is 1.78. The van der Waals surface area contributed by atoms with Crippen molar-refractivity contribution < 1.29 is 22.5 Å². The first kappa shape index (κ1) is 25.7. The molecule has 1 aliphatic carbocycles. The number of hydrogen-bond acceptors (Lipinski definition) is 8. The fourth-order valence-electron chi connectivity index (χ4n) is 4.06. The summed E-state index contributed by atoms with van der Waals surface area (Å²) in [5, 5.41) is 19.0. The fourth-order valence-corrected chi connectivity index (χ4v) is 4.97. The second kappa shape index (κ2) is 10.7. The average molecular weight is 585 g/mol. The molecule has 1 saturated carbocycles. The van der Waals surface area contributed by atoms with Crippen molar-refractivity contribution in [2.75, 3.05) is 11.9 Å². The molecule has 1 aromatic carbocycles. The number of nitrogens with zero attached hydrogens (tertiary/aromatic N) is 3. The van der Waals surface area contributed by atoms with Gasteiger partial charge in [0.25, 0.3) is 0 Å². The lowest BCUT2D eigenvalue weighted by atomic mass is 10.1. The predicted molar refractivity (Wildman–Crippen MR) is 133 cm³/mol. The van der Waals surface area contributed by atoms with Gasteiger partial charge >= 0.3 is 10.3 Å². The van der Waals surface area contributed by atoms with Crippen molar-refractivity contribution in [1.29, 1.82) is 0 Å². The smallest absolute Gasteiger partial charge is 0.333 e. The van der Waals surface area contributed by atoms with Gasteiger partial charge < -0.3 is 15.0 Å². The molecular weight excluding hydrogens is 562 g/mol. The van der Waals surface area contributed by atoms with Gasteiger partial charge in [-0.2, -0.15) is 8.42 Å². The van der Waals surface area contributed by atoms with Crippen LogP contribution in [0, 0.1) is 5.92 Å². The van der Waals surface area contributed by atoms with Crippen LogP contribution in [0.3, 0.4) is 0 Å². The molecule has 0 amide bonds. The molecule has 3 aromatic rings. The standard InChI is InChI=1S/C22H23BrClN5O5S/c23-18-5-13(1-2-19(18)24)9-29-4-3-14(10-29)21(31)17-8-26-12-27-22(17)28-16-6-15(20(30)7-16)11-34-35(25,32)33/h1-5,8,10,12,15-16,20,30H,6-7,9,11H2,(H2,25,32,33)(H,26,27,28)/t15-,16-,20+/m1/s1. The highest BCUT2D eigenvalue weighted by atomic mass is 79.9. The molecule has 1 fully saturated rings. The van der Waals surface area contributed by atoms with Crippen LogP contribution in [0.25, 0.3) is 0 Å². The number of nitrogens with one attached hydrogen (secondary N) is 1. The van der Waals surface area contributed by atoms with Gasteiger partial charge in [0.2, 0.25) is 0 Å². The largest absolute Gasteiger partial charge is 0.393 e. The van der Waals surface area contributed by atoms with Crippen LogP contribution in [0.1, 0.15) is 34.3 Å². The highest BCUT2D eigenvalue weighted by molar-refractivity contribution is 9.10. The number of aliphatic hydroxyl groups is 1. The van der Waals surface area contributed by atoms with Crippen molar-refractivity contribution in [3.63, 3.8) is 0 Å². The molecule has 35 heavy (non-hydrogen) atoms. The number of anilines is 1. The Hall–Kier alpha value is -2.35. The molecule has 0 saturated heterocycles. The van der Waals surface area contributed by atoms with Gasteiger partial charge in [-0.1, -0.05) is 17.7 Å². The van der Waals surface area contributed by atoms with Crippen LogP contribution in [0.5, 0.6) is 0 Å². The van der Waals surface area contributed by atoms with Crippen LogP contribution in [0.2, 0.25) is 5.02 Å². The maximum absolute atomic E-state index is 13.2. The van der Waals surface area contributed by atoms with Crippen molar-refractivity contribution in [2.24, 2.45) is 11.1 Å². The molecule has 0 bridgehead atoms. The number of hydrogen-bond donors (Lipinski definition) is 3. The number of aromatic nitrogens is 3. The van der Waals surface area contributed by atoms with E-state index in [2.05, 4.69) is 35.4 Å². The number of aliphatic hydroxyl groups excluding tert-OH is 1. The van der Waals surface area contributed by atoms with Crippen molar-refractivity contribution in [1.82, 2.24) is 14.5 Å². The first-order valence-corrected chi connectivity index (χ1v) is 13.3. The number of rotatable bonds is 9. The van der Waals surface area contributed by atoms with Gasteiger partial charge in [-0.05, 0) is 52.5 Å². The Labute approximate surface area is 215 Å². The van der Waals surface area contributed by atoms with Crippen LogP contribution in [0.4, 0.5) is 5.82 Å². The van der Waals surface area contributed by atoms with E-state index in [9.17, 15) is 18.3 Å². The van der Waals surface area contributed by atoms with Crippen LogP contribution in [0.15, 0.2) is 53.7 Å². The molecule has 10 nitrogen and oxygen atoms in total. The molecular formula is C22H23BrClN5O5S. The lowest BCUT2D eigenvalue weighted by Crippen LogP contribution is -2.24. The third-order valence-corrected chi connectivity index (χ3v) is 7.44. The zero-order chi connectivity index (χ0) is 25.2. The summed E-state index contributed by atoms with van der Waals surface area (Å²) in [6.07, 6.45) is 6.31. The van der Waals surface area contributed by atoms with Crippen LogP contribution in [-0.4, -0.2) is 52.6 Å². The second-order valence-corrected chi connectivity index (χ2v) is 10.8. The summed E-state index contributed by atoms with van der Waals surface area (Å²) in [5.74, 6) is -0.338. The van der Waals surface area contributed by atoms with Crippen LogP contribution < -0.4 is 10.5 Å². The van der Waals surface area contributed by atoms with E-state index in [-0.39, 0.29) is 18.4 Å². The quantitative estimate of drug-likeness (QED) is 0.325. The van der Waals surface area contributed by atoms with E-state index in [0.717, 1.165) is 10.0 Å². The van der Waals surface area contributed by atoms with E-state index < -0.39 is 22.3 Å². The molecule has 4 rings (SSSR count). The zero-order valence-electron chi connectivity index (χ0n) is 18.3. The van der Waals surface area contributed by atoms with Gasteiger partial charge in [-0.3, -0.25) is 8.98 Å². The van der Waals surface area contributed by atoms with E-state index in [1.807, 2.05) is 22.9 Å². The Kier molecular flexibility index (Phi) is 7.89. The first-order chi connectivity index (χ1) is 16.6. The molecule has 13 heteroatoms. The highest BCUT2D eigenvalue weighted by Crippen LogP contribution is 2.30. The molecule has 0 aliphatic heterocycles. The number of carbonyl (C=O) groups excluding carboxylic acids is 1. The number of nitrogens with two attached hydrogens (primary N) is 1. The summed E-state index contributed by atoms with van der Waals surface area (Å²) in [7, 11) is -4.09. The molecule has 2 heterocycles. The number of halogens is 2. The van der Waals surface area contributed by atoms with Gasteiger partial charge in [-0.15, -0.1) is 0 Å². The van der Waals surface area contributed by atoms with Gasteiger partial charge in [0.05, 0.1) is 23.3 Å². The van der Waals surface area contributed by atoms with E-state index in [1.54, 1.807) is 18.3 Å². The summed E-state index contributed by atoms with van der Waals surface area (Å²) >= 11 is 9.47. The fraction of sp³-hybridized carbons (Fsp3) is 0.318. The molecule has 0 spiro atoms. The summed E-state index contributed by atoms with van der Waals surface area (Å²) < 4.78 is 29.4. The third kappa shape index (κ3) is 6.66. The average Bonchev–Trinajstić information content (AvgIpc) is 3.40. The summed E-state index contributed by atoms with van der Waals surface area (Å²) in [6.45, 7) is 0.340. The maximum Gasteiger partial charge on any atom is 0.333 e. The molecule has 4 N–H and O–H groups in total. The zero-order valence-corrected chi connectivity index (χ0v) is 21.5. The molecule has 3 atom stereocenters. The highest BCUT2D eigenvalue weighted by Gasteiger charge is 2.34. The normalized spacial score (nSPS) is 20.2. The number of carbonyl (C=O) groups is 1. The summed E-state index contributed by atoms with van der Waals surface area (Å²) in [6, 6.07) is 7.13. The lowest BCUT2D eigenvalue weighted by molar-refractivity contribution is 0.101. The van der Waals surface area contributed by atoms with Gasteiger partial charge in [-0.25, -0.2) is 15.1 Å². The van der Waals surface area contributed by atoms with E-state index >= 15 is 0 Å². The minimum Gasteiger partial charge on any atom is -0.393 e. The van der Waals surface area contributed by atoms with Gasteiger partial charge in [0.1, 0.15) is 12.1 Å². The Bertz CT molecular complexity index is 1340. The SMILES string of the molecule is NS(=O)(=O)OC[C@H]1C[C@@H](Nc2ncncc2C(=O)c2ccn(Cc3ccc(Cl)c(Br)c3)c2)C[C@@H]1O. The van der Waals surface area contributed by atoms with Crippen molar-refractivity contribution in [2.45, 2.75) is 31.5 Å². The van der Waals surface area contributed by atoms with E-state index in [1.165, 1.54) is 12.5 Å². The molecule has 0 unspecified atom stereocenters. The van der Waals surface area contributed by atoms with E-state index in [4.69, 9.17) is 16.7 Å². The van der Waals surface area contributed by atoms with Crippen molar-refractivity contribution in [3.05, 3.63) is 75.4 Å². The number of benzene rings is 1. The Morgan fingerprint density at radius 3 is 2.89 bits per heavy atom. The van der Waals surface area contributed by atoms with E-state index in [0.29, 0.717) is 41.4 Å². The molecule has 2 aromatic heterocycles. The monoisotopic (exact) mass is 583 g/mol. The predicted octanol–water partition coefficient (Wildman–Crippen LogP) is 2.74. The number of ketones is 1. The third-order valence-electron chi connectivity index (χ3n) is 5.76. The molecule has 1 aliphatic rings. The first-order valence-electron chi connectivity index (χ1n) is 10.6. The Morgan fingerprint density at radius 1 is 1.34 bits per heavy atom. The lowest BCUT2D eigenvalue weighted by Gasteiger charge is -2.15. The summed E-state index contributed by atoms with van der Waals surface area (Å²) in [4.78, 5) is 21.5. The van der Waals surface area contributed by atoms with Gasteiger partial charge in [0.15, 0.2) is 5.78 Å².